The maximum atomic E-state index is 12.2. The normalized spacial score (nSPS) is 12.0. The number of amides is 1. The highest BCUT2D eigenvalue weighted by atomic mass is 16.5. The predicted molar refractivity (Wildman–Crippen MR) is 93.5 cm³/mol. The first-order valence-electron chi connectivity index (χ1n) is 8.08. The average molecular weight is 311 g/mol. The number of ether oxygens (including phenoxy) is 1. The molecule has 3 heteroatoms. The first-order chi connectivity index (χ1) is 11.0. The number of carbonyl (C=O) groups excluding carboxylic acids is 1. The zero-order valence-corrected chi connectivity index (χ0v) is 14.1. The van der Waals surface area contributed by atoms with Crippen LogP contribution in [-0.2, 0) is 4.79 Å². The van der Waals surface area contributed by atoms with Crippen molar-refractivity contribution < 1.29 is 9.53 Å². The van der Waals surface area contributed by atoms with Gasteiger partial charge in [0, 0.05) is 0 Å². The van der Waals surface area contributed by atoms with E-state index in [0.29, 0.717) is 11.7 Å². The van der Waals surface area contributed by atoms with Crippen molar-refractivity contribution >= 4 is 5.91 Å². The molecule has 2 aromatic carbocycles. The number of aryl methyl sites for hydroxylation is 1. The van der Waals surface area contributed by atoms with E-state index in [1.165, 1.54) is 5.56 Å². The molecule has 0 fully saturated rings. The zero-order valence-electron chi connectivity index (χ0n) is 14.1. The van der Waals surface area contributed by atoms with Gasteiger partial charge in [0.25, 0.3) is 5.91 Å². The van der Waals surface area contributed by atoms with Crippen LogP contribution in [0.1, 0.15) is 37.4 Å². The van der Waals surface area contributed by atoms with Gasteiger partial charge in [-0.2, -0.15) is 0 Å². The van der Waals surface area contributed by atoms with Crippen molar-refractivity contribution in [2.75, 3.05) is 6.61 Å². The summed E-state index contributed by atoms with van der Waals surface area (Å²) >= 11 is 0. The monoisotopic (exact) mass is 311 g/mol. The topological polar surface area (TPSA) is 38.3 Å². The van der Waals surface area contributed by atoms with Crippen LogP contribution in [0.4, 0.5) is 0 Å². The van der Waals surface area contributed by atoms with E-state index in [2.05, 4.69) is 19.2 Å². The molecule has 3 nitrogen and oxygen atoms in total. The molecule has 122 valence electrons. The lowest BCUT2D eigenvalue weighted by Gasteiger charge is -2.21. The molecular formula is C20H25NO2. The molecule has 0 heterocycles. The van der Waals surface area contributed by atoms with Crippen LogP contribution < -0.4 is 10.1 Å². The van der Waals surface area contributed by atoms with Gasteiger partial charge in [0.15, 0.2) is 6.61 Å². The number of carbonyl (C=O) groups is 1. The van der Waals surface area contributed by atoms with Crippen molar-refractivity contribution in [1.82, 2.24) is 5.32 Å². The molecule has 2 rings (SSSR count). The highest BCUT2D eigenvalue weighted by molar-refractivity contribution is 5.78. The maximum Gasteiger partial charge on any atom is 0.258 e. The maximum absolute atomic E-state index is 12.2. The third kappa shape index (κ3) is 5.78. The van der Waals surface area contributed by atoms with E-state index in [4.69, 9.17) is 4.74 Å². The Balaban J connectivity index is 1.93. The van der Waals surface area contributed by atoms with Gasteiger partial charge in [0.05, 0.1) is 6.04 Å². The predicted octanol–water partition coefficient (Wildman–Crippen LogP) is 4.28. The Morgan fingerprint density at radius 2 is 1.70 bits per heavy atom. The Kier molecular flexibility index (Phi) is 6.21. The summed E-state index contributed by atoms with van der Waals surface area (Å²) in [5, 5.41) is 3.08. The van der Waals surface area contributed by atoms with Crippen LogP contribution in [0.15, 0.2) is 54.6 Å². The van der Waals surface area contributed by atoms with Crippen molar-refractivity contribution in [1.29, 1.82) is 0 Å². The van der Waals surface area contributed by atoms with Crippen molar-refractivity contribution in [3.05, 3.63) is 65.7 Å². The van der Waals surface area contributed by atoms with Crippen LogP contribution in [0, 0.1) is 12.8 Å². The molecule has 0 bridgehead atoms. The second kappa shape index (κ2) is 8.37. The van der Waals surface area contributed by atoms with Crippen molar-refractivity contribution in [2.24, 2.45) is 5.92 Å². The van der Waals surface area contributed by atoms with Gasteiger partial charge < -0.3 is 10.1 Å². The number of hydrogen-bond donors (Lipinski definition) is 1. The Bertz CT molecular complexity index is 605. The molecule has 0 radical (unpaired) electrons. The molecular weight excluding hydrogens is 286 g/mol. The molecule has 0 aliphatic heterocycles. The molecule has 0 unspecified atom stereocenters. The highest BCUT2D eigenvalue weighted by Gasteiger charge is 2.16. The summed E-state index contributed by atoms with van der Waals surface area (Å²) in [4.78, 5) is 12.2. The van der Waals surface area contributed by atoms with Crippen LogP contribution in [-0.4, -0.2) is 12.5 Å². The summed E-state index contributed by atoms with van der Waals surface area (Å²) in [7, 11) is 0. The number of nitrogens with one attached hydrogen (secondary N) is 1. The molecule has 2 aromatic rings. The third-order valence-corrected chi connectivity index (χ3v) is 3.64. The molecule has 0 saturated heterocycles. The van der Waals surface area contributed by atoms with E-state index in [0.717, 1.165) is 12.0 Å². The fourth-order valence-corrected chi connectivity index (χ4v) is 2.45. The van der Waals surface area contributed by atoms with E-state index in [9.17, 15) is 4.79 Å². The minimum absolute atomic E-state index is 0.0188. The van der Waals surface area contributed by atoms with Crippen LogP contribution in [0.5, 0.6) is 5.75 Å². The van der Waals surface area contributed by atoms with E-state index < -0.39 is 0 Å². The summed E-state index contributed by atoms with van der Waals surface area (Å²) in [6.07, 6.45) is 0.903. The molecule has 0 aromatic heterocycles. The minimum atomic E-state index is -0.0971. The summed E-state index contributed by atoms with van der Waals surface area (Å²) in [6, 6.07) is 17.8. The van der Waals surface area contributed by atoms with E-state index in [1.807, 2.05) is 61.5 Å². The van der Waals surface area contributed by atoms with Gasteiger partial charge in [-0.15, -0.1) is 0 Å². The number of rotatable bonds is 7. The van der Waals surface area contributed by atoms with E-state index in [1.54, 1.807) is 0 Å². The summed E-state index contributed by atoms with van der Waals surface area (Å²) in [5.74, 6) is 1.12. The van der Waals surface area contributed by atoms with Crippen molar-refractivity contribution in [3.8, 4) is 5.75 Å². The smallest absolute Gasteiger partial charge is 0.258 e. The SMILES string of the molecule is Cc1ccc(OCC(=O)N[C@@H](CC(C)C)c2ccccc2)cc1. The van der Waals surface area contributed by atoms with Crippen LogP contribution >= 0.6 is 0 Å². The second-order valence-electron chi connectivity index (χ2n) is 6.26. The lowest BCUT2D eigenvalue weighted by Crippen LogP contribution is -2.33. The average Bonchev–Trinajstić information content (AvgIpc) is 2.54. The third-order valence-electron chi connectivity index (χ3n) is 3.64. The van der Waals surface area contributed by atoms with Crippen LogP contribution in [0.25, 0.3) is 0 Å². The first-order valence-corrected chi connectivity index (χ1v) is 8.08. The quantitative estimate of drug-likeness (QED) is 0.829. The Morgan fingerprint density at radius 3 is 2.30 bits per heavy atom. The number of hydrogen-bond acceptors (Lipinski definition) is 2. The van der Waals surface area contributed by atoms with Crippen LogP contribution in [0.2, 0.25) is 0 Å². The van der Waals surface area contributed by atoms with Gasteiger partial charge in [-0.3, -0.25) is 4.79 Å². The minimum Gasteiger partial charge on any atom is -0.484 e. The number of benzene rings is 2. The Morgan fingerprint density at radius 1 is 1.04 bits per heavy atom. The molecule has 0 saturated carbocycles. The molecule has 0 spiro atoms. The van der Waals surface area contributed by atoms with Crippen LogP contribution in [0.3, 0.4) is 0 Å². The Hall–Kier alpha value is -2.29. The fraction of sp³-hybridized carbons (Fsp3) is 0.350. The first kappa shape index (κ1) is 17.1. The molecule has 0 aliphatic rings. The molecule has 1 N–H and O–H groups in total. The van der Waals surface area contributed by atoms with E-state index >= 15 is 0 Å². The van der Waals surface area contributed by atoms with Crippen molar-refractivity contribution in [2.45, 2.75) is 33.2 Å². The molecule has 1 atom stereocenters. The Labute approximate surface area is 138 Å². The summed E-state index contributed by atoms with van der Waals surface area (Å²) in [6.45, 7) is 6.37. The molecule has 23 heavy (non-hydrogen) atoms. The van der Waals surface area contributed by atoms with Gasteiger partial charge in [-0.25, -0.2) is 0 Å². The van der Waals surface area contributed by atoms with Gasteiger partial charge in [-0.1, -0.05) is 61.9 Å². The van der Waals surface area contributed by atoms with Gasteiger partial charge >= 0.3 is 0 Å². The van der Waals surface area contributed by atoms with Gasteiger partial charge in [-0.05, 0) is 37.0 Å². The lowest BCUT2D eigenvalue weighted by atomic mass is 9.97. The highest BCUT2D eigenvalue weighted by Crippen LogP contribution is 2.21. The molecule has 1 amide bonds. The van der Waals surface area contributed by atoms with Gasteiger partial charge in [0.2, 0.25) is 0 Å². The lowest BCUT2D eigenvalue weighted by molar-refractivity contribution is -0.124. The summed E-state index contributed by atoms with van der Waals surface area (Å²) in [5.41, 5.74) is 2.30. The van der Waals surface area contributed by atoms with E-state index in [-0.39, 0.29) is 18.6 Å². The standard InChI is InChI=1S/C20H25NO2/c1-15(2)13-19(17-7-5-4-6-8-17)21-20(22)14-23-18-11-9-16(3)10-12-18/h4-12,15,19H,13-14H2,1-3H3,(H,21,22)/t19-/m0/s1. The fourth-order valence-electron chi connectivity index (χ4n) is 2.45. The second-order valence-corrected chi connectivity index (χ2v) is 6.26. The van der Waals surface area contributed by atoms with Gasteiger partial charge in [0.1, 0.15) is 5.75 Å². The zero-order chi connectivity index (χ0) is 16.7. The van der Waals surface area contributed by atoms with Crippen molar-refractivity contribution in [3.63, 3.8) is 0 Å². The molecule has 0 aliphatic carbocycles. The largest absolute Gasteiger partial charge is 0.484 e. The summed E-state index contributed by atoms with van der Waals surface area (Å²) < 4.78 is 5.55.